The molecule has 3 N–H and O–H groups in total. The lowest BCUT2D eigenvalue weighted by Crippen LogP contribution is -2.69. The lowest BCUT2D eigenvalue weighted by atomic mass is 9.94. The summed E-state index contributed by atoms with van der Waals surface area (Å²) in [5.74, 6) is 0.0594. The van der Waals surface area contributed by atoms with Crippen LogP contribution in [-0.2, 0) is 0 Å². The molecule has 1 aliphatic heterocycles. The zero-order valence-electron chi connectivity index (χ0n) is 18.6. The predicted octanol–water partition coefficient (Wildman–Crippen LogP) is 4.30. The van der Waals surface area contributed by atoms with Crippen molar-refractivity contribution in [3.63, 3.8) is 0 Å². The van der Waals surface area contributed by atoms with Crippen molar-refractivity contribution < 1.29 is 31.9 Å². The maximum absolute atomic E-state index is 13.6. The van der Waals surface area contributed by atoms with Gasteiger partial charge in [-0.25, -0.2) is 19.2 Å². The van der Waals surface area contributed by atoms with Crippen LogP contribution in [0.2, 0.25) is 0 Å². The van der Waals surface area contributed by atoms with Crippen LogP contribution < -0.4 is 15.5 Å². The maximum atomic E-state index is 13.6. The van der Waals surface area contributed by atoms with E-state index in [4.69, 9.17) is 4.42 Å². The van der Waals surface area contributed by atoms with Crippen LogP contribution >= 0.6 is 0 Å². The topological polar surface area (TPSA) is 104 Å². The van der Waals surface area contributed by atoms with Gasteiger partial charge in [0.25, 0.3) is 0 Å². The number of nitrogens with one attached hydrogen (secondary N) is 2. The van der Waals surface area contributed by atoms with Gasteiger partial charge in [-0.05, 0) is 31.0 Å². The van der Waals surface area contributed by atoms with Gasteiger partial charge < -0.3 is 25.1 Å². The Morgan fingerprint density at radius 1 is 1.24 bits per heavy atom. The number of halogens is 4. The van der Waals surface area contributed by atoms with Crippen molar-refractivity contribution in [3.05, 3.63) is 47.7 Å². The average molecular weight is 481 g/mol. The fraction of sp³-hybridized carbons (Fsp3) is 0.409. The molecule has 2 aromatic heterocycles. The van der Waals surface area contributed by atoms with Gasteiger partial charge in [-0.3, -0.25) is 0 Å². The van der Waals surface area contributed by atoms with Crippen LogP contribution in [0.1, 0.15) is 31.2 Å². The molecule has 1 saturated heterocycles. The Balaban J connectivity index is 1.42. The minimum atomic E-state index is -4.73. The molecule has 0 spiro atoms. The molecule has 3 heterocycles. The molecule has 34 heavy (non-hydrogen) atoms. The van der Waals surface area contributed by atoms with Crippen molar-refractivity contribution >= 4 is 28.6 Å². The highest BCUT2D eigenvalue weighted by molar-refractivity contribution is 5.89. The van der Waals surface area contributed by atoms with Crippen molar-refractivity contribution in [1.82, 2.24) is 15.3 Å². The van der Waals surface area contributed by atoms with E-state index in [1.54, 1.807) is 6.92 Å². The predicted molar refractivity (Wildman–Crippen MR) is 116 cm³/mol. The number of benzene rings is 1. The van der Waals surface area contributed by atoms with Crippen LogP contribution in [0.4, 0.5) is 34.0 Å². The van der Waals surface area contributed by atoms with Crippen molar-refractivity contribution in [2.24, 2.45) is 5.92 Å². The molecular formula is C22H23F4N5O3. The number of nitrogens with zero attached hydrogens (tertiary/aromatic N) is 3. The molecular weight excluding hydrogens is 458 g/mol. The number of aryl methyl sites for hydroxylation is 1. The van der Waals surface area contributed by atoms with Gasteiger partial charge in [-0.2, -0.15) is 13.2 Å². The zero-order valence-corrected chi connectivity index (χ0v) is 18.6. The quantitative estimate of drug-likeness (QED) is 0.470. The van der Waals surface area contributed by atoms with Crippen molar-refractivity contribution in [3.8, 4) is 0 Å². The Kier molecular flexibility index (Phi) is 5.88. The fourth-order valence-electron chi connectivity index (χ4n) is 3.81. The lowest BCUT2D eigenvalue weighted by molar-refractivity contribution is -0.267. The van der Waals surface area contributed by atoms with Gasteiger partial charge in [0.1, 0.15) is 17.2 Å². The number of furan rings is 1. The number of anilines is 2. The number of amides is 2. The molecule has 4 rings (SSSR count). The summed E-state index contributed by atoms with van der Waals surface area (Å²) in [6.45, 7) is 4.25. The van der Waals surface area contributed by atoms with Gasteiger partial charge in [0.05, 0.1) is 37.2 Å². The second-order valence-corrected chi connectivity index (χ2v) is 8.71. The van der Waals surface area contributed by atoms with E-state index in [2.05, 4.69) is 20.6 Å². The molecule has 1 aromatic carbocycles. The number of aliphatic hydroxyl groups is 1. The highest BCUT2D eigenvalue weighted by Gasteiger charge is 2.61. The third-order valence-corrected chi connectivity index (χ3v) is 5.78. The van der Waals surface area contributed by atoms with E-state index < -0.39 is 36.9 Å². The van der Waals surface area contributed by atoms with Crippen LogP contribution in [0.5, 0.6) is 0 Å². The Labute approximate surface area is 192 Å². The number of fused-ring (bicyclic) bond motifs is 1. The van der Waals surface area contributed by atoms with Gasteiger partial charge in [-0.15, -0.1) is 0 Å². The highest BCUT2D eigenvalue weighted by atomic mass is 19.4. The Morgan fingerprint density at radius 3 is 2.47 bits per heavy atom. The van der Waals surface area contributed by atoms with E-state index in [1.165, 1.54) is 35.5 Å². The summed E-state index contributed by atoms with van der Waals surface area (Å²) in [6.07, 6.45) is -2.22. The van der Waals surface area contributed by atoms with E-state index in [0.29, 0.717) is 16.7 Å². The number of urea groups is 1. The van der Waals surface area contributed by atoms with Gasteiger partial charge in [0, 0.05) is 10.9 Å². The number of carbonyl (C=O) groups excluding carboxylic acids is 1. The molecule has 0 unspecified atom stereocenters. The SMILES string of the molecule is Cc1c([C@H](NC(=O)Nc2cnc(N3CC(O)(C(F)(F)F)C3)nc2)C(C)C)oc2ccc(F)cc12. The minimum absolute atomic E-state index is 0.00470. The molecule has 1 aliphatic rings. The summed E-state index contributed by atoms with van der Waals surface area (Å²) in [6, 6.07) is 3.12. The fourth-order valence-corrected chi connectivity index (χ4v) is 3.81. The molecule has 2 amide bonds. The van der Waals surface area contributed by atoms with Crippen LogP contribution in [0.15, 0.2) is 35.0 Å². The number of hydrogen-bond acceptors (Lipinski definition) is 6. The van der Waals surface area contributed by atoms with E-state index in [0.717, 1.165) is 5.56 Å². The first-order chi connectivity index (χ1) is 15.9. The van der Waals surface area contributed by atoms with Gasteiger partial charge in [0.15, 0.2) is 5.60 Å². The largest absolute Gasteiger partial charge is 0.459 e. The van der Waals surface area contributed by atoms with Crippen molar-refractivity contribution in [1.29, 1.82) is 0 Å². The monoisotopic (exact) mass is 481 g/mol. The van der Waals surface area contributed by atoms with Crippen molar-refractivity contribution in [2.45, 2.75) is 38.6 Å². The standard InChI is InChI=1S/C22H23F4N5O3/c1-11(2)17(18-12(3)15-6-13(23)4-5-16(15)34-18)30-20(32)29-14-7-27-19(28-8-14)31-9-21(33,10-31)22(24,25)26/h4-8,11,17,33H,9-10H2,1-3H3,(H2,29,30,32)/t17-/m1/s1. The van der Waals surface area contributed by atoms with Gasteiger partial charge in [0.2, 0.25) is 5.95 Å². The molecule has 1 atom stereocenters. The Hall–Kier alpha value is -3.41. The second-order valence-electron chi connectivity index (χ2n) is 8.71. The molecule has 0 saturated carbocycles. The van der Waals surface area contributed by atoms with Crippen LogP contribution in [0.25, 0.3) is 11.0 Å². The van der Waals surface area contributed by atoms with E-state index in [9.17, 15) is 27.5 Å². The van der Waals surface area contributed by atoms with E-state index in [-0.39, 0.29) is 23.4 Å². The van der Waals surface area contributed by atoms with Crippen LogP contribution in [0, 0.1) is 18.7 Å². The summed E-state index contributed by atoms with van der Waals surface area (Å²) in [7, 11) is 0. The molecule has 0 radical (unpaired) electrons. The second kappa shape index (κ2) is 8.42. The summed E-state index contributed by atoms with van der Waals surface area (Å²) in [5, 5.41) is 15.6. The lowest BCUT2D eigenvalue weighted by Gasteiger charge is -2.46. The molecule has 3 aromatic rings. The zero-order chi connectivity index (χ0) is 24.8. The Bertz CT molecular complexity index is 1200. The third kappa shape index (κ3) is 4.37. The molecule has 0 bridgehead atoms. The third-order valence-electron chi connectivity index (χ3n) is 5.78. The average Bonchev–Trinajstić information content (AvgIpc) is 3.05. The molecule has 8 nitrogen and oxygen atoms in total. The number of β-amino-alcohol motifs (C(OH)–C–C–N with tert-alkyl or cyclic N) is 1. The number of hydrogen-bond donors (Lipinski definition) is 3. The van der Waals surface area contributed by atoms with E-state index in [1.807, 2.05) is 13.8 Å². The smallest absolute Gasteiger partial charge is 0.420 e. The maximum Gasteiger partial charge on any atom is 0.420 e. The van der Waals surface area contributed by atoms with Crippen LogP contribution in [-0.4, -0.2) is 46.0 Å². The number of carbonyl (C=O) groups is 1. The molecule has 0 aliphatic carbocycles. The summed E-state index contributed by atoms with van der Waals surface area (Å²) >= 11 is 0. The minimum Gasteiger partial charge on any atom is -0.459 e. The van der Waals surface area contributed by atoms with Gasteiger partial charge >= 0.3 is 12.2 Å². The normalized spacial score (nSPS) is 16.4. The van der Waals surface area contributed by atoms with Gasteiger partial charge in [-0.1, -0.05) is 13.8 Å². The molecule has 182 valence electrons. The summed E-state index contributed by atoms with van der Waals surface area (Å²) in [5.41, 5.74) is -1.33. The van der Waals surface area contributed by atoms with Crippen LogP contribution in [0.3, 0.4) is 0 Å². The molecule has 12 heteroatoms. The summed E-state index contributed by atoms with van der Waals surface area (Å²) in [4.78, 5) is 21.7. The van der Waals surface area contributed by atoms with Crippen molar-refractivity contribution in [2.75, 3.05) is 23.3 Å². The van der Waals surface area contributed by atoms with E-state index >= 15 is 0 Å². The number of alkyl halides is 3. The first-order valence-corrected chi connectivity index (χ1v) is 10.5. The first kappa shape index (κ1) is 23.7. The number of rotatable bonds is 5. The Morgan fingerprint density at radius 2 is 1.88 bits per heavy atom. The number of aromatic nitrogens is 2. The summed E-state index contributed by atoms with van der Waals surface area (Å²) < 4.78 is 57.8. The highest BCUT2D eigenvalue weighted by Crippen LogP contribution is 2.39. The first-order valence-electron chi connectivity index (χ1n) is 10.5. The molecule has 1 fully saturated rings.